The molecule has 0 aliphatic heterocycles. The first-order chi connectivity index (χ1) is 17.0. The molecule has 0 fully saturated rings. The SMILES string of the molecule is COc1ccc(CCNC(=O)COc2ccc3c(-c4ccccc4)cc(=O)oc3c2C)cc1OC. The maximum Gasteiger partial charge on any atom is 0.336 e. The Balaban J connectivity index is 1.41. The highest BCUT2D eigenvalue weighted by Crippen LogP contribution is 2.33. The number of amides is 1. The van der Waals surface area contributed by atoms with E-state index in [1.54, 1.807) is 20.3 Å². The summed E-state index contributed by atoms with van der Waals surface area (Å²) >= 11 is 0. The van der Waals surface area contributed by atoms with Gasteiger partial charge in [-0.2, -0.15) is 0 Å². The van der Waals surface area contributed by atoms with Crippen LogP contribution in [0.3, 0.4) is 0 Å². The van der Waals surface area contributed by atoms with Crippen molar-refractivity contribution in [3.8, 4) is 28.4 Å². The molecule has 1 amide bonds. The summed E-state index contributed by atoms with van der Waals surface area (Å²) in [6, 6.07) is 20.4. The fourth-order valence-corrected chi connectivity index (χ4v) is 3.93. The predicted molar refractivity (Wildman–Crippen MR) is 134 cm³/mol. The molecule has 1 aromatic heterocycles. The number of nitrogens with one attached hydrogen (secondary N) is 1. The number of ether oxygens (including phenoxy) is 3. The molecule has 0 atom stereocenters. The monoisotopic (exact) mass is 473 g/mol. The van der Waals surface area contributed by atoms with Gasteiger partial charge < -0.3 is 23.9 Å². The first-order valence-corrected chi connectivity index (χ1v) is 11.2. The van der Waals surface area contributed by atoms with E-state index >= 15 is 0 Å². The molecular formula is C28H27NO6. The molecule has 4 rings (SSSR count). The number of benzene rings is 3. The van der Waals surface area contributed by atoms with Crippen LogP contribution < -0.4 is 25.2 Å². The van der Waals surface area contributed by atoms with Crippen LogP contribution in [-0.4, -0.2) is 33.3 Å². The van der Waals surface area contributed by atoms with Crippen LogP contribution in [0.15, 0.2) is 75.9 Å². The second-order valence-electron chi connectivity index (χ2n) is 7.99. The second kappa shape index (κ2) is 10.8. The van der Waals surface area contributed by atoms with Gasteiger partial charge in [0.15, 0.2) is 18.1 Å². The number of aryl methyl sites for hydroxylation is 1. The lowest BCUT2D eigenvalue weighted by atomic mass is 10.0. The van der Waals surface area contributed by atoms with Crippen molar-refractivity contribution in [1.29, 1.82) is 0 Å². The summed E-state index contributed by atoms with van der Waals surface area (Å²) in [6.45, 7) is 2.11. The Hall–Kier alpha value is -4.26. The minimum atomic E-state index is -0.440. The third-order valence-corrected chi connectivity index (χ3v) is 5.74. The van der Waals surface area contributed by atoms with Crippen LogP contribution >= 0.6 is 0 Å². The van der Waals surface area contributed by atoms with E-state index in [1.165, 1.54) is 6.07 Å². The van der Waals surface area contributed by atoms with Crippen molar-refractivity contribution in [2.45, 2.75) is 13.3 Å². The maximum absolute atomic E-state index is 12.3. The van der Waals surface area contributed by atoms with Gasteiger partial charge in [0, 0.05) is 23.6 Å². The topological polar surface area (TPSA) is 87.0 Å². The van der Waals surface area contributed by atoms with E-state index in [9.17, 15) is 9.59 Å². The van der Waals surface area contributed by atoms with Crippen LogP contribution in [0.25, 0.3) is 22.1 Å². The van der Waals surface area contributed by atoms with Crippen molar-refractivity contribution in [2.24, 2.45) is 0 Å². The number of carbonyl (C=O) groups is 1. The van der Waals surface area contributed by atoms with Gasteiger partial charge in [-0.1, -0.05) is 36.4 Å². The molecule has 0 saturated carbocycles. The number of fused-ring (bicyclic) bond motifs is 1. The quantitative estimate of drug-likeness (QED) is 0.360. The zero-order chi connectivity index (χ0) is 24.8. The van der Waals surface area contributed by atoms with Gasteiger partial charge in [0.25, 0.3) is 5.91 Å². The zero-order valence-corrected chi connectivity index (χ0v) is 19.9. The van der Waals surface area contributed by atoms with Gasteiger partial charge in [-0.3, -0.25) is 4.79 Å². The van der Waals surface area contributed by atoms with Gasteiger partial charge in [0.05, 0.1) is 14.2 Å². The van der Waals surface area contributed by atoms with Gasteiger partial charge in [0.2, 0.25) is 0 Å². The molecule has 180 valence electrons. The molecule has 0 aliphatic carbocycles. The summed E-state index contributed by atoms with van der Waals surface area (Å²) < 4.78 is 21.8. The van der Waals surface area contributed by atoms with Crippen LogP contribution in [0.4, 0.5) is 0 Å². The molecule has 0 bridgehead atoms. The Labute approximate surface area is 203 Å². The second-order valence-corrected chi connectivity index (χ2v) is 7.99. The van der Waals surface area contributed by atoms with Crippen molar-refractivity contribution in [1.82, 2.24) is 5.32 Å². The Bertz CT molecular complexity index is 1390. The average molecular weight is 474 g/mol. The van der Waals surface area contributed by atoms with Crippen molar-refractivity contribution >= 4 is 16.9 Å². The summed E-state index contributed by atoms with van der Waals surface area (Å²) in [5.41, 5.74) is 3.40. The number of carbonyl (C=O) groups excluding carboxylic acids is 1. The molecule has 0 saturated heterocycles. The molecule has 0 unspecified atom stereocenters. The van der Waals surface area contributed by atoms with Gasteiger partial charge in [-0.15, -0.1) is 0 Å². The molecule has 4 aromatic rings. The van der Waals surface area contributed by atoms with Gasteiger partial charge in [-0.25, -0.2) is 4.79 Å². The summed E-state index contributed by atoms with van der Waals surface area (Å²) in [6.07, 6.45) is 0.633. The lowest BCUT2D eigenvalue weighted by Gasteiger charge is -2.13. The van der Waals surface area contributed by atoms with Gasteiger partial charge in [0.1, 0.15) is 11.3 Å². The molecule has 7 nitrogen and oxygen atoms in total. The molecule has 0 spiro atoms. The first-order valence-electron chi connectivity index (χ1n) is 11.2. The van der Waals surface area contributed by atoms with Crippen LogP contribution in [0.1, 0.15) is 11.1 Å². The number of methoxy groups -OCH3 is 2. The maximum atomic E-state index is 12.3. The van der Waals surface area contributed by atoms with Crippen LogP contribution in [0.2, 0.25) is 0 Å². The molecule has 0 aliphatic rings. The van der Waals surface area contributed by atoms with Crippen molar-refractivity contribution in [3.05, 3.63) is 88.3 Å². The van der Waals surface area contributed by atoms with Gasteiger partial charge in [-0.05, 0) is 54.3 Å². The van der Waals surface area contributed by atoms with Gasteiger partial charge >= 0.3 is 5.63 Å². The number of hydrogen-bond donors (Lipinski definition) is 1. The normalized spacial score (nSPS) is 10.7. The lowest BCUT2D eigenvalue weighted by molar-refractivity contribution is -0.123. The predicted octanol–water partition coefficient (Wildman–Crippen LogP) is 4.52. The van der Waals surface area contributed by atoms with Crippen molar-refractivity contribution < 1.29 is 23.4 Å². The third kappa shape index (κ3) is 5.46. The van der Waals surface area contributed by atoms with Crippen molar-refractivity contribution in [2.75, 3.05) is 27.4 Å². The Morgan fingerprint density at radius 1 is 0.914 bits per heavy atom. The lowest BCUT2D eigenvalue weighted by Crippen LogP contribution is -2.30. The van der Waals surface area contributed by atoms with E-state index in [0.717, 1.165) is 22.1 Å². The standard InChI is InChI=1S/C28H27NO6/c1-18-23(12-10-21-22(16-27(31)35-28(18)21)20-7-5-4-6-8-20)34-17-26(30)29-14-13-19-9-11-24(32-2)25(15-19)33-3/h4-12,15-16H,13-14,17H2,1-3H3,(H,29,30). The Kier molecular flexibility index (Phi) is 7.35. The molecular weight excluding hydrogens is 446 g/mol. The third-order valence-electron chi connectivity index (χ3n) is 5.74. The van der Waals surface area contributed by atoms with E-state index in [0.29, 0.717) is 41.4 Å². The Morgan fingerprint density at radius 2 is 1.66 bits per heavy atom. The van der Waals surface area contributed by atoms with Crippen molar-refractivity contribution in [3.63, 3.8) is 0 Å². The largest absolute Gasteiger partial charge is 0.493 e. The fourth-order valence-electron chi connectivity index (χ4n) is 3.93. The summed E-state index contributed by atoms with van der Waals surface area (Å²) in [7, 11) is 3.17. The smallest absolute Gasteiger partial charge is 0.336 e. The summed E-state index contributed by atoms with van der Waals surface area (Å²) in [4.78, 5) is 24.6. The molecule has 1 heterocycles. The first kappa shape index (κ1) is 23.9. The minimum Gasteiger partial charge on any atom is -0.493 e. The van der Waals surface area contributed by atoms with E-state index in [2.05, 4.69) is 5.32 Å². The number of rotatable bonds is 9. The molecule has 0 radical (unpaired) electrons. The molecule has 1 N–H and O–H groups in total. The minimum absolute atomic E-state index is 0.152. The average Bonchev–Trinajstić information content (AvgIpc) is 2.88. The highest BCUT2D eigenvalue weighted by molar-refractivity contribution is 5.95. The van der Waals surface area contributed by atoms with E-state index in [1.807, 2.05) is 61.5 Å². The summed E-state index contributed by atoms with van der Waals surface area (Å²) in [5, 5.41) is 3.66. The van der Waals surface area contributed by atoms with E-state index in [-0.39, 0.29) is 12.5 Å². The Morgan fingerprint density at radius 3 is 2.40 bits per heavy atom. The van der Waals surface area contributed by atoms with E-state index in [4.69, 9.17) is 18.6 Å². The highest BCUT2D eigenvalue weighted by atomic mass is 16.5. The molecule has 7 heteroatoms. The van der Waals surface area contributed by atoms with Crippen LogP contribution in [0, 0.1) is 6.92 Å². The molecule has 35 heavy (non-hydrogen) atoms. The summed E-state index contributed by atoms with van der Waals surface area (Å²) in [5.74, 6) is 1.55. The highest BCUT2D eigenvalue weighted by Gasteiger charge is 2.14. The van der Waals surface area contributed by atoms with E-state index < -0.39 is 5.63 Å². The van der Waals surface area contributed by atoms with Crippen LogP contribution in [0.5, 0.6) is 17.2 Å². The zero-order valence-electron chi connectivity index (χ0n) is 19.9. The number of hydrogen-bond acceptors (Lipinski definition) is 6. The van der Waals surface area contributed by atoms with Crippen LogP contribution in [-0.2, 0) is 11.2 Å². The molecule has 3 aromatic carbocycles. The fraction of sp³-hybridized carbons (Fsp3) is 0.214.